The van der Waals surface area contributed by atoms with E-state index in [9.17, 15) is 19.1 Å². The summed E-state index contributed by atoms with van der Waals surface area (Å²) in [6, 6.07) is 20.7. The summed E-state index contributed by atoms with van der Waals surface area (Å²) >= 11 is 12.5. The van der Waals surface area contributed by atoms with Gasteiger partial charge in [0.1, 0.15) is 18.0 Å². The predicted octanol–water partition coefficient (Wildman–Crippen LogP) is 7.35. The molecule has 5 rings (SSSR count). The van der Waals surface area contributed by atoms with E-state index < -0.39 is 24.2 Å². The number of likely N-dealkylation sites (tertiary alicyclic amines) is 1. The fourth-order valence-corrected chi connectivity index (χ4v) is 6.61. The lowest BCUT2D eigenvalue weighted by molar-refractivity contribution is -0.180. The number of amides is 1. The van der Waals surface area contributed by atoms with Crippen LogP contribution in [-0.2, 0) is 20.7 Å². The average Bonchev–Trinajstić information content (AvgIpc) is 3.00. The van der Waals surface area contributed by atoms with Crippen molar-refractivity contribution in [1.29, 1.82) is 0 Å². The van der Waals surface area contributed by atoms with Gasteiger partial charge >= 0.3 is 5.97 Å². The molecule has 0 saturated carbocycles. The van der Waals surface area contributed by atoms with Crippen LogP contribution < -0.4 is 0 Å². The van der Waals surface area contributed by atoms with Crippen LogP contribution in [0.25, 0.3) is 0 Å². The summed E-state index contributed by atoms with van der Waals surface area (Å²) in [5.41, 5.74) is 2.61. The van der Waals surface area contributed by atoms with Crippen molar-refractivity contribution in [3.05, 3.63) is 105 Å². The zero-order chi connectivity index (χ0) is 30.5. The maximum absolute atomic E-state index is 14.6. The number of carboxylic acid groups (broad SMARTS) is 1. The van der Waals surface area contributed by atoms with Crippen LogP contribution in [0.15, 0.2) is 72.8 Å². The highest BCUT2D eigenvalue weighted by Gasteiger charge is 2.47. The minimum atomic E-state index is -0.785. The van der Waals surface area contributed by atoms with Crippen LogP contribution in [0.4, 0.5) is 4.39 Å². The lowest BCUT2D eigenvalue weighted by atomic mass is 9.88. The summed E-state index contributed by atoms with van der Waals surface area (Å²) in [6.07, 6.45) is 1.83. The summed E-state index contributed by atoms with van der Waals surface area (Å²) < 4.78 is 20.4. The van der Waals surface area contributed by atoms with Gasteiger partial charge in [0.15, 0.2) is 0 Å². The lowest BCUT2D eigenvalue weighted by Gasteiger charge is -2.49. The van der Waals surface area contributed by atoms with Crippen molar-refractivity contribution in [3.8, 4) is 0 Å². The molecule has 2 aliphatic rings. The monoisotopic (exact) mass is 626 g/mol. The Morgan fingerprint density at radius 1 is 0.953 bits per heavy atom. The molecule has 0 aliphatic carbocycles. The summed E-state index contributed by atoms with van der Waals surface area (Å²) in [5.74, 6) is -1.53. The number of carbonyl (C=O) groups excluding carboxylic acids is 1. The first kappa shape index (κ1) is 31.5. The van der Waals surface area contributed by atoms with E-state index in [1.165, 1.54) is 12.1 Å². The molecule has 2 saturated heterocycles. The average molecular weight is 628 g/mol. The highest BCUT2D eigenvalue weighted by atomic mass is 35.5. The summed E-state index contributed by atoms with van der Waals surface area (Å²) in [7, 11) is 0. The van der Waals surface area contributed by atoms with Crippen LogP contribution in [0.1, 0.15) is 61.4 Å². The lowest BCUT2D eigenvalue weighted by Crippen LogP contribution is -2.58. The van der Waals surface area contributed by atoms with E-state index in [1.807, 2.05) is 53.4 Å². The largest absolute Gasteiger partial charge is 0.481 e. The number of halogens is 3. The van der Waals surface area contributed by atoms with Gasteiger partial charge in [-0.15, -0.1) is 0 Å². The van der Waals surface area contributed by atoms with Crippen molar-refractivity contribution in [1.82, 2.24) is 9.80 Å². The van der Waals surface area contributed by atoms with Gasteiger partial charge in [-0.05, 0) is 85.4 Å². The number of piperidine rings is 1. The van der Waals surface area contributed by atoms with Crippen molar-refractivity contribution in [2.24, 2.45) is 5.92 Å². The molecule has 2 fully saturated rings. The van der Waals surface area contributed by atoms with Crippen molar-refractivity contribution >= 4 is 35.1 Å². The molecule has 0 bridgehead atoms. The molecular weight excluding hydrogens is 590 g/mol. The Balaban J connectivity index is 1.55. The standard InChI is InChI=1S/C34H37Cl2FN2O4/c1-2-3-29(21-38-18-16-25(17-19-38)34(41)42)39-31(23-6-10-26(35)11-7-23)32(24-8-12-27(36)13-9-24)43-30(33(39)40)20-22-4-14-28(37)15-5-22/h4-15,25,29-32H,2-3,16-21H2,1H3,(H,41,42)/t29-,30+,31-,32+/m1/s1. The van der Waals surface area contributed by atoms with Crippen molar-refractivity contribution in [2.45, 2.75) is 63.3 Å². The zero-order valence-corrected chi connectivity index (χ0v) is 25.7. The smallest absolute Gasteiger partial charge is 0.306 e. The molecule has 0 spiro atoms. The molecule has 2 heterocycles. The Morgan fingerprint density at radius 2 is 1.53 bits per heavy atom. The molecule has 0 radical (unpaired) electrons. The molecule has 43 heavy (non-hydrogen) atoms. The number of carboxylic acids is 1. The highest BCUT2D eigenvalue weighted by Crippen LogP contribution is 2.44. The third-order valence-corrected chi connectivity index (χ3v) is 9.10. The van der Waals surface area contributed by atoms with Gasteiger partial charge in [0.2, 0.25) is 0 Å². The summed E-state index contributed by atoms with van der Waals surface area (Å²) in [4.78, 5) is 30.4. The van der Waals surface area contributed by atoms with Crippen LogP contribution in [0.2, 0.25) is 10.0 Å². The second-order valence-electron chi connectivity index (χ2n) is 11.5. The number of benzene rings is 3. The van der Waals surface area contributed by atoms with E-state index in [1.54, 1.807) is 12.1 Å². The minimum Gasteiger partial charge on any atom is -0.481 e. The van der Waals surface area contributed by atoms with Crippen LogP contribution in [0, 0.1) is 11.7 Å². The van der Waals surface area contributed by atoms with E-state index in [0.717, 1.165) is 29.5 Å². The van der Waals surface area contributed by atoms with Crippen LogP contribution >= 0.6 is 23.2 Å². The van der Waals surface area contributed by atoms with Crippen molar-refractivity contribution < 1.29 is 23.8 Å². The molecule has 4 atom stereocenters. The van der Waals surface area contributed by atoms with E-state index in [4.69, 9.17) is 27.9 Å². The topological polar surface area (TPSA) is 70.1 Å². The SMILES string of the molecule is CCC[C@H](CN1CCC(C(=O)O)CC1)N1C(=O)[C@H](Cc2ccc(F)cc2)O[C@@H](c2ccc(Cl)cc2)[C@H]1c1ccc(Cl)cc1. The van der Waals surface area contributed by atoms with E-state index >= 15 is 0 Å². The molecule has 1 N–H and O–H groups in total. The third kappa shape index (κ3) is 7.58. The van der Waals surface area contributed by atoms with E-state index in [0.29, 0.717) is 48.9 Å². The molecule has 0 unspecified atom stereocenters. The Bertz CT molecular complexity index is 1380. The number of nitrogens with zero attached hydrogens (tertiary/aromatic N) is 2. The molecule has 3 aromatic carbocycles. The molecule has 0 aromatic heterocycles. The van der Waals surface area contributed by atoms with Gasteiger partial charge in [-0.1, -0.05) is 72.9 Å². The highest BCUT2D eigenvalue weighted by molar-refractivity contribution is 6.30. The van der Waals surface area contributed by atoms with Crippen molar-refractivity contribution in [3.63, 3.8) is 0 Å². The molecule has 2 aliphatic heterocycles. The predicted molar refractivity (Wildman–Crippen MR) is 166 cm³/mol. The Kier molecular flexibility index (Phi) is 10.4. The summed E-state index contributed by atoms with van der Waals surface area (Å²) in [6.45, 7) is 4.08. The van der Waals surface area contributed by atoms with Gasteiger partial charge in [0.05, 0.1) is 12.0 Å². The van der Waals surface area contributed by atoms with Gasteiger partial charge in [-0.25, -0.2) is 4.39 Å². The maximum Gasteiger partial charge on any atom is 0.306 e. The Labute approximate surface area is 262 Å². The second-order valence-corrected chi connectivity index (χ2v) is 12.4. The fraction of sp³-hybridized carbons (Fsp3) is 0.412. The van der Waals surface area contributed by atoms with Gasteiger partial charge in [-0.2, -0.15) is 0 Å². The number of ether oxygens (including phenoxy) is 1. The van der Waals surface area contributed by atoms with Gasteiger partial charge in [-0.3, -0.25) is 9.59 Å². The molecule has 228 valence electrons. The molecule has 9 heteroatoms. The maximum atomic E-state index is 14.6. The Morgan fingerprint density at radius 3 is 2.09 bits per heavy atom. The first-order chi connectivity index (χ1) is 20.7. The Hall–Kier alpha value is -2.97. The number of carbonyl (C=O) groups is 2. The first-order valence-electron chi connectivity index (χ1n) is 14.9. The van der Waals surface area contributed by atoms with E-state index in [2.05, 4.69) is 11.8 Å². The molecule has 1 amide bonds. The van der Waals surface area contributed by atoms with Crippen molar-refractivity contribution in [2.75, 3.05) is 19.6 Å². The number of rotatable bonds is 10. The van der Waals surface area contributed by atoms with E-state index in [-0.39, 0.29) is 23.7 Å². The second kappa shape index (κ2) is 14.2. The van der Waals surface area contributed by atoms with Gasteiger partial charge < -0.3 is 19.6 Å². The number of aliphatic carboxylic acids is 1. The molecular formula is C34H37Cl2FN2O4. The van der Waals surface area contributed by atoms with Gasteiger partial charge in [0, 0.05) is 29.1 Å². The van der Waals surface area contributed by atoms with Crippen LogP contribution in [0.5, 0.6) is 0 Å². The normalized spacial score (nSPS) is 22.5. The van der Waals surface area contributed by atoms with Crippen LogP contribution in [-0.4, -0.2) is 58.6 Å². The number of hydrogen-bond donors (Lipinski definition) is 1. The summed E-state index contributed by atoms with van der Waals surface area (Å²) in [5, 5.41) is 10.7. The minimum absolute atomic E-state index is 0.117. The fourth-order valence-electron chi connectivity index (χ4n) is 6.36. The molecule has 3 aromatic rings. The number of hydrogen-bond acceptors (Lipinski definition) is 4. The quantitative estimate of drug-likeness (QED) is 0.255. The zero-order valence-electron chi connectivity index (χ0n) is 24.2. The molecule has 6 nitrogen and oxygen atoms in total. The van der Waals surface area contributed by atoms with Gasteiger partial charge in [0.25, 0.3) is 5.91 Å². The third-order valence-electron chi connectivity index (χ3n) is 8.59. The number of morpholine rings is 1. The van der Waals surface area contributed by atoms with Crippen LogP contribution in [0.3, 0.4) is 0 Å². The first-order valence-corrected chi connectivity index (χ1v) is 15.7.